The van der Waals surface area contributed by atoms with Crippen LogP contribution >= 0.6 is 0 Å². The maximum absolute atomic E-state index is 12.9. The zero-order valence-electron chi connectivity index (χ0n) is 19.6. The van der Waals surface area contributed by atoms with E-state index in [0.29, 0.717) is 25.9 Å². The Labute approximate surface area is 188 Å². The van der Waals surface area contributed by atoms with Gasteiger partial charge in [-0.2, -0.15) is 5.10 Å². The number of ketones is 1. The van der Waals surface area contributed by atoms with E-state index in [0.717, 1.165) is 5.56 Å². The molecule has 2 atom stereocenters. The summed E-state index contributed by atoms with van der Waals surface area (Å²) in [6, 6.07) is -1.90. The number of hydrogen-bond acceptors (Lipinski definition) is 6. The number of rotatable bonds is 5. The highest BCUT2D eigenvalue weighted by Crippen LogP contribution is 2.13. The molecule has 0 aliphatic carbocycles. The molecule has 0 radical (unpaired) electrons. The van der Waals surface area contributed by atoms with Gasteiger partial charge in [0, 0.05) is 19.3 Å². The standard InChI is InChI=1S/C22H35N5O5/c1-14(2)17(26-21(31)32-13-22(3,4)5)19(29)25-16-7-6-10-27-12-15(11-24-27)8-9-23-20(30)18(16)28/h11-12,14,16-17H,6-10,13H2,1-5H3,(H,23,30)(H,25,29)(H,26,31). The number of Topliss-reactive ketones (excluding diaryl/α,β-unsaturated/α-hetero) is 1. The third-order valence-corrected chi connectivity index (χ3v) is 4.98. The van der Waals surface area contributed by atoms with E-state index in [2.05, 4.69) is 21.0 Å². The zero-order chi connectivity index (χ0) is 23.9. The van der Waals surface area contributed by atoms with Crippen LogP contribution in [0.25, 0.3) is 0 Å². The molecule has 3 amide bonds. The summed E-state index contributed by atoms with van der Waals surface area (Å²) in [5.74, 6) is -2.22. The fourth-order valence-corrected chi connectivity index (χ4v) is 3.20. The van der Waals surface area contributed by atoms with Gasteiger partial charge in [-0.1, -0.05) is 34.6 Å². The molecule has 32 heavy (non-hydrogen) atoms. The average Bonchev–Trinajstić information content (AvgIpc) is 3.15. The molecule has 0 fully saturated rings. The van der Waals surface area contributed by atoms with E-state index in [1.807, 2.05) is 27.0 Å². The van der Waals surface area contributed by atoms with Crippen LogP contribution in [-0.4, -0.2) is 58.7 Å². The normalized spacial score (nSPS) is 18.8. The van der Waals surface area contributed by atoms with Gasteiger partial charge in [-0.15, -0.1) is 0 Å². The summed E-state index contributed by atoms with van der Waals surface area (Å²) in [6.07, 6.45) is 4.32. The van der Waals surface area contributed by atoms with Gasteiger partial charge in [0.1, 0.15) is 6.04 Å². The zero-order valence-corrected chi connectivity index (χ0v) is 19.6. The lowest BCUT2D eigenvalue weighted by molar-refractivity contribution is -0.140. The Bertz CT molecular complexity index is 827. The summed E-state index contributed by atoms with van der Waals surface area (Å²) < 4.78 is 6.98. The van der Waals surface area contributed by atoms with E-state index in [1.54, 1.807) is 24.7 Å². The van der Waals surface area contributed by atoms with Crippen molar-refractivity contribution in [2.45, 2.75) is 72.5 Å². The molecule has 2 heterocycles. The van der Waals surface area contributed by atoms with E-state index in [1.165, 1.54) is 0 Å². The lowest BCUT2D eigenvalue weighted by Gasteiger charge is -2.25. The Hall–Kier alpha value is -2.91. The van der Waals surface area contributed by atoms with E-state index >= 15 is 0 Å². The Morgan fingerprint density at radius 2 is 2.03 bits per heavy atom. The molecule has 178 valence electrons. The first-order chi connectivity index (χ1) is 15.0. The first kappa shape index (κ1) is 25.4. The molecule has 0 spiro atoms. The minimum absolute atomic E-state index is 0.196. The van der Waals surface area contributed by atoms with Gasteiger partial charge < -0.3 is 20.7 Å². The first-order valence-corrected chi connectivity index (χ1v) is 11.0. The molecule has 1 aliphatic heterocycles. The molecule has 0 saturated heterocycles. The van der Waals surface area contributed by atoms with Crippen LogP contribution < -0.4 is 16.0 Å². The number of carbonyl (C=O) groups is 4. The molecular formula is C22H35N5O5. The topological polar surface area (TPSA) is 131 Å². The molecule has 0 saturated carbocycles. The number of alkyl carbamates (subject to hydrolysis) is 1. The molecule has 1 aromatic heterocycles. The van der Waals surface area contributed by atoms with Crippen LogP contribution in [0.1, 0.15) is 53.0 Å². The molecule has 10 nitrogen and oxygen atoms in total. The predicted octanol–water partition coefficient (Wildman–Crippen LogP) is 1.19. The molecule has 0 aromatic carbocycles. The average molecular weight is 450 g/mol. The largest absolute Gasteiger partial charge is 0.449 e. The highest BCUT2D eigenvalue weighted by Gasteiger charge is 2.32. The van der Waals surface area contributed by atoms with Crippen molar-refractivity contribution in [2.24, 2.45) is 11.3 Å². The minimum Gasteiger partial charge on any atom is -0.449 e. The van der Waals surface area contributed by atoms with Crippen LogP contribution in [0.4, 0.5) is 4.79 Å². The maximum atomic E-state index is 12.9. The monoisotopic (exact) mass is 449 g/mol. The molecular weight excluding hydrogens is 414 g/mol. The summed E-state index contributed by atoms with van der Waals surface area (Å²) in [5, 5.41) is 12.1. The Morgan fingerprint density at radius 3 is 2.69 bits per heavy atom. The maximum Gasteiger partial charge on any atom is 0.407 e. The fraction of sp³-hybridized carbons (Fsp3) is 0.682. The van der Waals surface area contributed by atoms with Crippen molar-refractivity contribution in [3.63, 3.8) is 0 Å². The van der Waals surface area contributed by atoms with Gasteiger partial charge in [-0.3, -0.25) is 19.1 Å². The van der Waals surface area contributed by atoms with Crippen LogP contribution in [0, 0.1) is 11.3 Å². The summed E-state index contributed by atoms with van der Waals surface area (Å²) in [4.78, 5) is 50.1. The lowest BCUT2D eigenvalue weighted by Crippen LogP contribution is -2.55. The van der Waals surface area contributed by atoms with Gasteiger partial charge in [0.25, 0.3) is 5.91 Å². The fourth-order valence-electron chi connectivity index (χ4n) is 3.20. The van der Waals surface area contributed by atoms with Gasteiger partial charge in [0.05, 0.1) is 18.8 Å². The van der Waals surface area contributed by atoms with Gasteiger partial charge in [0.15, 0.2) is 0 Å². The second kappa shape index (κ2) is 11.1. The number of carbonyl (C=O) groups excluding carboxylic acids is 4. The number of aromatic nitrogens is 2. The second-order valence-corrected chi connectivity index (χ2v) is 9.69. The van der Waals surface area contributed by atoms with Gasteiger partial charge >= 0.3 is 6.09 Å². The number of fused-ring (bicyclic) bond motifs is 2. The van der Waals surface area contributed by atoms with Gasteiger partial charge in [-0.05, 0) is 36.2 Å². The predicted molar refractivity (Wildman–Crippen MR) is 118 cm³/mol. The molecule has 2 rings (SSSR count). The minimum atomic E-state index is -0.995. The third kappa shape index (κ3) is 7.97. The van der Waals surface area contributed by atoms with Crippen LogP contribution in [-0.2, 0) is 32.1 Å². The van der Waals surface area contributed by atoms with E-state index in [9.17, 15) is 19.2 Å². The van der Waals surface area contributed by atoms with Crippen molar-refractivity contribution < 1.29 is 23.9 Å². The van der Waals surface area contributed by atoms with E-state index in [4.69, 9.17) is 4.74 Å². The van der Waals surface area contributed by atoms with Crippen molar-refractivity contribution in [1.82, 2.24) is 25.7 Å². The van der Waals surface area contributed by atoms with Crippen LogP contribution in [0.3, 0.4) is 0 Å². The third-order valence-electron chi connectivity index (χ3n) is 4.98. The lowest BCUT2D eigenvalue weighted by atomic mass is 9.99. The highest BCUT2D eigenvalue weighted by atomic mass is 16.5. The second-order valence-electron chi connectivity index (χ2n) is 9.69. The smallest absolute Gasteiger partial charge is 0.407 e. The summed E-state index contributed by atoms with van der Waals surface area (Å²) in [6.45, 7) is 10.4. The number of hydrogen-bond donors (Lipinski definition) is 3. The number of aryl methyl sites for hydroxylation is 1. The number of nitrogens with one attached hydrogen (secondary N) is 3. The number of ether oxygens (including phenoxy) is 1. The van der Waals surface area contributed by atoms with Crippen molar-refractivity contribution in [2.75, 3.05) is 13.2 Å². The van der Waals surface area contributed by atoms with E-state index in [-0.39, 0.29) is 24.4 Å². The van der Waals surface area contributed by atoms with Crippen molar-refractivity contribution >= 4 is 23.7 Å². The Balaban J connectivity index is 2.05. The molecule has 2 unspecified atom stereocenters. The molecule has 10 heteroatoms. The SMILES string of the molecule is CC(C)C(NC(=O)OCC(C)(C)C)C(=O)NC1CCCn2cc(cn2)CCNC(=O)C1=O. The summed E-state index contributed by atoms with van der Waals surface area (Å²) in [7, 11) is 0. The molecule has 3 N–H and O–H groups in total. The van der Waals surface area contributed by atoms with Gasteiger partial charge in [0.2, 0.25) is 11.7 Å². The Kier molecular flexibility index (Phi) is 8.80. The van der Waals surface area contributed by atoms with Crippen molar-refractivity contribution in [3.05, 3.63) is 18.0 Å². The van der Waals surface area contributed by atoms with Crippen molar-refractivity contribution in [1.29, 1.82) is 0 Å². The van der Waals surface area contributed by atoms with Gasteiger partial charge in [-0.25, -0.2) is 4.79 Å². The van der Waals surface area contributed by atoms with E-state index < -0.39 is 35.8 Å². The van der Waals surface area contributed by atoms with Crippen LogP contribution in [0.2, 0.25) is 0 Å². The summed E-state index contributed by atoms with van der Waals surface area (Å²) in [5.41, 5.74) is 0.766. The van der Waals surface area contributed by atoms with Crippen molar-refractivity contribution in [3.8, 4) is 0 Å². The Morgan fingerprint density at radius 1 is 1.31 bits per heavy atom. The quantitative estimate of drug-likeness (QED) is 0.579. The van der Waals surface area contributed by atoms with Crippen LogP contribution in [0.5, 0.6) is 0 Å². The number of amides is 3. The molecule has 2 bridgehead atoms. The summed E-state index contributed by atoms with van der Waals surface area (Å²) >= 11 is 0. The number of nitrogens with zero attached hydrogens (tertiary/aromatic N) is 2. The van der Waals surface area contributed by atoms with Crippen LogP contribution in [0.15, 0.2) is 12.4 Å². The highest BCUT2D eigenvalue weighted by molar-refractivity contribution is 6.38. The first-order valence-electron chi connectivity index (χ1n) is 11.0. The molecule has 1 aromatic rings. The molecule has 1 aliphatic rings.